The molecular formula is C14H26N2S. The highest BCUT2D eigenvalue weighted by Crippen LogP contribution is 2.40. The van der Waals surface area contributed by atoms with Gasteiger partial charge in [-0.15, -0.1) is 0 Å². The summed E-state index contributed by atoms with van der Waals surface area (Å²) < 4.78 is 0. The third-order valence-corrected chi connectivity index (χ3v) is 6.28. The smallest absolute Gasteiger partial charge is 0.0111 e. The summed E-state index contributed by atoms with van der Waals surface area (Å²) in [5.74, 6) is 2.80. The Hall–Kier alpha value is 0.270. The molecule has 1 N–H and O–H groups in total. The van der Waals surface area contributed by atoms with Crippen LogP contribution in [-0.4, -0.2) is 48.6 Å². The molecule has 3 fully saturated rings. The molecule has 0 bridgehead atoms. The lowest BCUT2D eigenvalue weighted by Gasteiger charge is -2.47. The molecule has 17 heavy (non-hydrogen) atoms. The molecule has 3 saturated heterocycles. The molecule has 3 heteroatoms. The van der Waals surface area contributed by atoms with Crippen LogP contribution < -0.4 is 5.32 Å². The zero-order valence-corrected chi connectivity index (χ0v) is 11.7. The topological polar surface area (TPSA) is 15.3 Å². The van der Waals surface area contributed by atoms with Gasteiger partial charge in [0.1, 0.15) is 0 Å². The van der Waals surface area contributed by atoms with Crippen molar-refractivity contribution < 1.29 is 0 Å². The highest BCUT2D eigenvalue weighted by Gasteiger charge is 2.37. The SMILES string of the molecule is C1CC2(CCN1)CCN(C1CCSCC1)CC2. The van der Waals surface area contributed by atoms with Gasteiger partial charge in [0, 0.05) is 6.04 Å². The van der Waals surface area contributed by atoms with E-state index in [-0.39, 0.29) is 0 Å². The van der Waals surface area contributed by atoms with Gasteiger partial charge in [-0.1, -0.05) is 0 Å². The van der Waals surface area contributed by atoms with Crippen LogP contribution in [0.5, 0.6) is 0 Å². The molecule has 0 aliphatic carbocycles. The molecule has 3 heterocycles. The zero-order chi connectivity index (χ0) is 11.6. The first-order valence-electron chi connectivity index (χ1n) is 7.41. The summed E-state index contributed by atoms with van der Waals surface area (Å²) in [4.78, 5) is 2.81. The first kappa shape index (κ1) is 12.3. The predicted molar refractivity (Wildman–Crippen MR) is 75.7 cm³/mol. The molecule has 0 radical (unpaired) electrons. The number of nitrogens with zero attached hydrogens (tertiary/aromatic N) is 1. The summed E-state index contributed by atoms with van der Waals surface area (Å²) in [6.45, 7) is 5.30. The van der Waals surface area contributed by atoms with Crippen molar-refractivity contribution in [2.45, 2.75) is 44.6 Å². The van der Waals surface area contributed by atoms with Crippen LogP contribution in [-0.2, 0) is 0 Å². The van der Waals surface area contributed by atoms with E-state index in [1.54, 1.807) is 0 Å². The molecule has 3 aliphatic rings. The van der Waals surface area contributed by atoms with Crippen molar-refractivity contribution in [1.29, 1.82) is 0 Å². The lowest BCUT2D eigenvalue weighted by molar-refractivity contribution is 0.0476. The van der Waals surface area contributed by atoms with Crippen molar-refractivity contribution in [2.75, 3.05) is 37.7 Å². The summed E-state index contributed by atoms with van der Waals surface area (Å²) in [5.41, 5.74) is 0.727. The number of rotatable bonds is 1. The fraction of sp³-hybridized carbons (Fsp3) is 1.00. The van der Waals surface area contributed by atoms with Crippen LogP contribution in [0.3, 0.4) is 0 Å². The van der Waals surface area contributed by atoms with E-state index in [0.717, 1.165) is 11.5 Å². The van der Waals surface area contributed by atoms with Crippen molar-refractivity contribution in [2.24, 2.45) is 5.41 Å². The second-order valence-corrected chi connectivity index (χ2v) is 7.35. The minimum Gasteiger partial charge on any atom is -0.317 e. The Balaban J connectivity index is 1.52. The molecule has 0 unspecified atom stereocenters. The van der Waals surface area contributed by atoms with Crippen LogP contribution in [0.4, 0.5) is 0 Å². The number of thioether (sulfide) groups is 1. The molecule has 0 aromatic heterocycles. The molecule has 3 rings (SSSR count). The van der Waals surface area contributed by atoms with Crippen LogP contribution in [0.15, 0.2) is 0 Å². The van der Waals surface area contributed by atoms with Gasteiger partial charge >= 0.3 is 0 Å². The summed E-state index contributed by atoms with van der Waals surface area (Å²) in [6.07, 6.45) is 8.69. The van der Waals surface area contributed by atoms with Crippen LogP contribution >= 0.6 is 11.8 Å². The molecule has 0 saturated carbocycles. The summed E-state index contributed by atoms with van der Waals surface area (Å²) in [6, 6.07) is 0.926. The Kier molecular flexibility index (Phi) is 3.98. The molecule has 0 aromatic rings. The first-order chi connectivity index (χ1) is 8.38. The molecule has 0 atom stereocenters. The maximum atomic E-state index is 3.51. The average Bonchev–Trinajstić information content (AvgIpc) is 2.42. The Bertz CT molecular complexity index is 235. The molecule has 2 nitrogen and oxygen atoms in total. The van der Waals surface area contributed by atoms with Gasteiger partial charge in [0.15, 0.2) is 0 Å². The number of piperidine rings is 2. The van der Waals surface area contributed by atoms with E-state index in [9.17, 15) is 0 Å². The first-order valence-corrected chi connectivity index (χ1v) is 8.56. The van der Waals surface area contributed by atoms with Gasteiger partial charge in [0.25, 0.3) is 0 Å². The third-order valence-electron chi connectivity index (χ3n) is 5.23. The van der Waals surface area contributed by atoms with Crippen LogP contribution in [0.1, 0.15) is 38.5 Å². The number of likely N-dealkylation sites (tertiary alicyclic amines) is 1. The van der Waals surface area contributed by atoms with Gasteiger partial charge in [-0.2, -0.15) is 11.8 Å². The van der Waals surface area contributed by atoms with E-state index in [4.69, 9.17) is 0 Å². The summed E-state index contributed by atoms with van der Waals surface area (Å²) in [7, 11) is 0. The monoisotopic (exact) mass is 254 g/mol. The van der Waals surface area contributed by atoms with Crippen molar-refractivity contribution >= 4 is 11.8 Å². The van der Waals surface area contributed by atoms with Gasteiger partial charge in [-0.05, 0) is 81.6 Å². The number of hydrogen-bond acceptors (Lipinski definition) is 3. The van der Waals surface area contributed by atoms with Crippen molar-refractivity contribution in [1.82, 2.24) is 10.2 Å². The van der Waals surface area contributed by atoms with E-state index in [2.05, 4.69) is 22.0 Å². The van der Waals surface area contributed by atoms with Crippen LogP contribution in [0.25, 0.3) is 0 Å². The van der Waals surface area contributed by atoms with E-state index < -0.39 is 0 Å². The molecule has 0 amide bonds. The fourth-order valence-corrected chi connectivity index (χ4v) is 4.95. The molecular weight excluding hydrogens is 228 g/mol. The predicted octanol–water partition coefficient (Wildman–Crippen LogP) is 2.35. The second-order valence-electron chi connectivity index (χ2n) is 6.13. The summed E-state index contributed by atoms with van der Waals surface area (Å²) in [5, 5.41) is 3.51. The minimum atomic E-state index is 0.727. The van der Waals surface area contributed by atoms with E-state index in [1.165, 1.54) is 76.2 Å². The van der Waals surface area contributed by atoms with Gasteiger partial charge in [-0.3, -0.25) is 0 Å². The molecule has 98 valence electrons. The normalized spacial score (nSPS) is 31.8. The largest absolute Gasteiger partial charge is 0.317 e. The van der Waals surface area contributed by atoms with Gasteiger partial charge in [-0.25, -0.2) is 0 Å². The van der Waals surface area contributed by atoms with Gasteiger partial charge in [0.05, 0.1) is 0 Å². The van der Waals surface area contributed by atoms with Gasteiger partial charge < -0.3 is 10.2 Å². The Labute approximate surface area is 110 Å². The quantitative estimate of drug-likeness (QED) is 0.773. The van der Waals surface area contributed by atoms with E-state index >= 15 is 0 Å². The Morgan fingerprint density at radius 2 is 1.59 bits per heavy atom. The second kappa shape index (κ2) is 5.50. The third kappa shape index (κ3) is 2.82. The number of nitrogens with one attached hydrogen (secondary N) is 1. The maximum absolute atomic E-state index is 3.51. The zero-order valence-electron chi connectivity index (χ0n) is 10.9. The lowest BCUT2D eigenvalue weighted by Crippen LogP contribution is -2.49. The fourth-order valence-electron chi connectivity index (χ4n) is 3.87. The number of hydrogen-bond donors (Lipinski definition) is 1. The van der Waals surface area contributed by atoms with Crippen LogP contribution in [0, 0.1) is 5.41 Å². The van der Waals surface area contributed by atoms with Crippen molar-refractivity contribution in [3.63, 3.8) is 0 Å². The minimum absolute atomic E-state index is 0.727. The standard InChI is InChI=1S/C14H26N2S/c1-11-17-12-2-13(1)16-9-5-14(6-10-16)3-7-15-8-4-14/h13,15H,1-12H2. The molecule has 3 aliphatic heterocycles. The van der Waals surface area contributed by atoms with Crippen LogP contribution in [0.2, 0.25) is 0 Å². The Morgan fingerprint density at radius 1 is 0.941 bits per heavy atom. The maximum Gasteiger partial charge on any atom is 0.0111 e. The van der Waals surface area contributed by atoms with Gasteiger partial charge in [0.2, 0.25) is 0 Å². The lowest BCUT2D eigenvalue weighted by atomic mass is 9.71. The Morgan fingerprint density at radius 3 is 2.24 bits per heavy atom. The van der Waals surface area contributed by atoms with Crippen molar-refractivity contribution in [3.8, 4) is 0 Å². The molecule has 0 aromatic carbocycles. The van der Waals surface area contributed by atoms with E-state index in [0.29, 0.717) is 0 Å². The highest BCUT2D eigenvalue weighted by atomic mass is 32.2. The summed E-state index contributed by atoms with van der Waals surface area (Å²) >= 11 is 2.15. The molecule has 1 spiro atoms. The van der Waals surface area contributed by atoms with Crippen molar-refractivity contribution in [3.05, 3.63) is 0 Å². The average molecular weight is 254 g/mol. The highest BCUT2D eigenvalue weighted by molar-refractivity contribution is 7.99. The van der Waals surface area contributed by atoms with E-state index in [1.807, 2.05) is 0 Å².